The maximum atomic E-state index is 5.97. The summed E-state index contributed by atoms with van der Waals surface area (Å²) < 4.78 is 13.2. The Balaban J connectivity index is 1.38. The number of morpholine rings is 1. The van der Waals surface area contributed by atoms with Crippen molar-refractivity contribution >= 4 is 29.3 Å². The lowest BCUT2D eigenvalue weighted by Gasteiger charge is -2.27. The average Bonchev–Trinajstić information content (AvgIpc) is 3.47. The van der Waals surface area contributed by atoms with Gasteiger partial charge in [0.2, 0.25) is 11.8 Å². The molecule has 1 saturated heterocycles. The number of nitrogens with zero attached hydrogens (tertiary/aromatic N) is 5. The summed E-state index contributed by atoms with van der Waals surface area (Å²) in [5.74, 6) is 2.02. The molecule has 0 saturated carbocycles. The minimum absolute atomic E-state index is 0.575. The van der Waals surface area contributed by atoms with E-state index in [1.165, 1.54) is 0 Å². The Hall–Kier alpha value is -2.81. The van der Waals surface area contributed by atoms with Gasteiger partial charge in [-0.25, -0.2) is 4.98 Å². The summed E-state index contributed by atoms with van der Waals surface area (Å²) in [5.41, 5.74) is 2.76. The molecule has 0 unspecified atom stereocenters. The van der Waals surface area contributed by atoms with E-state index in [4.69, 9.17) is 20.8 Å². The van der Waals surface area contributed by atoms with Gasteiger partial charge >= 0.3 is 0 Å². The van der Waals surface area contributed by atoms with Crippen LogP contribution in [-0.2, 0) is 10.5 Å². The third kappa shape index (κ3) is 4.46. The molecule has 0 aliphatic carbocycles. The van der Waals surface area contributed by atoms with E-state index in [9.17, 15) is 0 Å². The van der Waals surface area contributed by atoms with Gasteiger partial charge in [-0.2, -0.15) is 0 Å². The Morgan fingerprint density at radius 1 is 0.968 bits per heavy atom. The second-order valence-corrected chi connectivity index (χ2v) is 8.37. The van der Waals surface area contributed by atoms with Crippen LogP contribution in [0.3, 0.4) is 0 Å². The van der Waals surface area contributed by atoms with Gasteiger partial charge in [-0.3, -0.25) is 4.57 Å². The van der Waals surface area contributed by atoms with Crippen LogP contribution in [0.25, 0.3) is 17.1 Å². The normalized spacial score (nSPS) is 14.2. The predicted molar refractivity (Wildman–Crippen MR) is 121 cm³/mol. The number of anilines is 1. The number of benzene rings is 2. The predicted octanol–water partition coefficient (Wildman–Crippen LogP) is 4.70. The number of hydrogen-bond acceptors (Lipinski definition) is 7. The highest BCUT2D eigenvalue weighted by molar-refractivity contribution is 7.98. The van der Waals surface area contributed by atoms with E-state index in [1.54, 1.807) is 18.0 Å². The van der Waals surface area contributed by atoms with Crippen molar-refractivity contribution in [3.8, 4) is 17.1 Å². The van der Waals surface area contributed by atoms with Crippen LogP contribution in [0.15, 0.2) is 70.4 Å². The number of thioether (sulfide) groups is 1. The van der Waals surface area contributed by atoms with E-state index < -0.39 is 0 Å². The van der Waals surface area contributed by atoms with Gasteiger partial charge in [0.25, 0.3) is 0 Å². The molecule has 0 spiro atoms. The summed E-state index contributed by atoms with van der Waals surface area (Å²) in [6, 6.07) is 17.6. The quantitative estimate of drug-likeness (QED) is 0.392. The summed E-state index contributed by atoms with van der Waals surface area (Å²) in [4.78, 5) is 6.82. The molecular weight excluding hydrogens is 434 g/mol. The molecule has 9 heteroatoms. The molecule has 0 radical (unpaired) electrons. The van der Waals surface area contributed by atoms with E-state index in [0.29, 0.717) is 29.9 Å². The fourth-order valence-corrected chi connectivity index (χ4v) is 4.31. The monoisotopic (exact) mass is 453 g/mol. The molecule has 5 rings (SSSR count). The lowest BCUT2D eigenvalue weighted by atomic mass is 10.2. The Morgan fingerprint density at radius 2 is 1.74 bits per heavy atom. The van der Waals surface area contributed by atoms with Crippen molar-refractivity contribution in [3.05, 3.63) is 71.6 Å². The van der Waals surface area contributed by atoms with E-state index in [0.717, 1.165) is 41.1 Å². The molecule has 2 aromatic carbocycles. The number of hydrogen-bond donors (Lipinski definition) is 0. The zero-order chi connectivity index (χ0) is 21.0. The Kier molecular flexibility index (Phi) is 5.93. The molecule has 1 aliphatic heterocycles. The van der Waals surface area contributed by atoms with E-state index in [1.807, 2.05) is 42.5 Å². The number of oxazole rings is 1. The fourth-order valence-electron chi connectivity index (χ4n) is 3.36. The topological polar surface area (TPSA) is 69.2 Å². The fraction of sp³-hybridized carbons (Fsp3) is 0.227. The molecule has 3 heterocycles. The van der Waals surface area contributed by atoms with Gasteiger partial charge in [0, 0.05) is 29.4 Å². The Labute approximate surface area is 189 Å². The first kappa shape index (κ1) is 20.1. The van der Waals surface area contributed by atoms with Crippen molar-refractivity contribution in [2.75, 3.05) is 31.2 Å². The molecule has 0 bridgehead atoms. The highest BCUT2D eigenvalue weighted by Gasteiger charge is 2.22. The molecule has 1 aliphatic rings. The van der Waals surface area contributed by atoms with Gasteiger partial charge in [-0.1, -0.05) is 41.6 Å². The molecule has 2 aromatic heterocycles. The van der Waals surface area contributed by atoms with Gasteiger partial charge < -0.3 is 14.1 Å². The first-order valence-electron chi connectivity index (χ1n) is 9.94. The van der Waals surface area contributed by atoms with Crippen molar-refractivity contribution in [2.24, 2.45) is 0 Å². The Morgan fingerprint density at radius 3 is 2.52 bits per heavy atom. The number of ether oxygens (including phenoxy) is 1. The van der Waals surface area contributed by atoms with Crippen LogP contribution in [0, 0.1) is 0 Å². The zero-order valence-corrected chi connectivity index (χ0v) is 18.2. The highest BCUT2D eigenvalue weighted by Crippen LogP contribution is 2.30. The molecule has 158 valence electrons. The summed E-state index contributed by atoms with van der Waals surface area (Å²) in [7, 11) is 0. The number of halogens is 1. The SMILES string of the molecule is Clc1ccc(-c2nc(CSc3nnc(N4CCOCC4)n3-c3ccccc3)co2)cc1. The van der Waals surface area contributed by atoms with Crippen molar-refractivity contribution in [3.63, 3.8) is 0 Å². The molecule has 0 N–H and O–H groups in total. The second-order valence-electron chi connectivity index (χ2n) is 6.99. The lowest BCUT2D eigenvalue weighted by Crippen LogP contribution is -2.37. The molecule has 0 atom stereocenters. The second kappa shape index (κ2) is 9.13. The summed E-state index contributed by atoms with van der Waals surface area (Å²) in [6.07, 6.45) is 1.68. The van der Waals surface area contributed by atoms with Crippen molar-refractivity contribution in [2.45, 2.75) is 10.9 Å². The van der Waals surface area contributed by atoms with Crippen LogP contribution in [0.2, 0.25) is 5.02 Å². The largest absolute Gasteiger partial charge is 0.444 e. The standard InChI is InChI=1S/C22H20ClN5O2S/c23-17-8-6-16(7-9-17)20-24-18(14-30-20)15-31-22-26-25-21(27-10-12-29-13-11-27)28(22)19-4-2-1-3-5-19/h1-9,14H,10-13,15H2. The van der Waals surface area contributed by atoms with Crippen molar-refractivity contribution in [1.82, 2.24) is 19.7 Å². The third-order valence-corrected chi connectivity index (χ3v) is 6.13. The van der Waals surface area contributed by atoms with Crippen LogP contribution in [0.4, 0.5) is 5.95 Å². The average molecular weight is 454 g/mol. The minimum Gasteiger partial charge on any atom is -0.444 e. The lowest BCUT2D eigenvalue weighted by molar-refractivity contribution is 0.122. The first-order chi connectivity index (χ1) is 15.3. The zero-order valence-electron chi connectivity index (χ0n) is 16.6. The van der Waals surface area contributed by atoms with Crippen LogP contribution in [0.5, 0.6) is 0 Å². The molecule has 4 aromatic rings. The van der Waals surface area contributed by atoms with E-state index in [-0.39, 0.29) is 0 Å². The molecule has 1 fully saturated rings. The summed E-state index contributed by atoms with van der Waals surface area (Å²) in [6.45, 7) is 2.97. The summed E-state index contributed by atoms with van der Waals surface area (Å²) in [5, 5.41) is 10.5. The number of rotatable bonds is 6. The maximum absolute atomic E-state index is 5.97. The molecule has 31 heavy (non-hydrogen) atoms. The molecule has 7 nitrogen and oxygen atoms in total. The van der Waals surface area contributed by atoms with Crippen LogP contribution in [-0.4, -0.2) is 46.1 Å². The third-order valence-electron chi connectivity index (χ3n) is 4.92. The highest BCUT2D eigenvalue weighted by atomic mass is 35.5. The van der Waals surface area contributed by atoms with Crippen LogP contribution in [0.1, 0.15) is 5.69 Å². The van der Waals surface area contributed by atoms with Gasteiger partial charge in [-0.15, -0.1) is 10.2 Å². The molecule has 0 amide bonds. The minimum atomic E-state index is 0.575. The van der Waals surface area contributed by atoms with E-state index >= 15 is 0 Å². The molecular formula is C22H20ClN5O2S. The van der Waals surface area contributed by atoms with E-state index in [2.05, 4.69) is 36.8 Å². The number of aromatic nitrogens is 4. The van der Waals surface area contributed by atoms with Crippen molar-refractivity contribution < 1.29 is 9.15 Å². The van der Waals surface area contributed by atoms with Gasteiger partial charge in [0.15, 0.2) is 5.16 Å². The summed E-state index contributed by atoms with van der Waals surface area (Å²) >= 11 is 7.54. The van der Waals surface area contributed by atoms with Gasteiger partial charge in [0.1, 0.15) is 6.26 Å². The Bertz CT molecular complexity index is 1140. The first-order valence-corrected chi connectivity index (χ1v) is 11.3. The number of para-hydroxylation sites is 1. The maximum Gasteiger partial charge on any atom is 0.232 e. The van der Waals surface area contributed by atoms with Gasteiger partial charge in [-0.05, 0) is 36.4 Å². The van der Waals surface area contributed by atoms with Crippen LogP contribution < -0.4 is 4.90 Å². The smallest absolute Gasteiger partial charge is 0.232 e. The van der Waals surface area contributed by atoms with Gasteiger partial charge in [0.05, 0.1) is 24.6 Å². The van der Waals surface area contributed by atoms with Crippen LogP contribution >= 0.6 is 23.4 Å². The van der Waals surface area contributed by atoms with Crippen molar-refractivity contribution in [1.29, 1.82) is 0 Å².